The Morgan fingerprint density at radius 2 is 1.70 bits per heavy atom. The summed E-state index contributed by atoms with van der Waals surface area (Å²) in [4.78, 5) is 26.5. The van der Waals surface area contributed by atoms with Crippen molar-refractivity contribution in [3.63, 3.8) is 0 Å². The lowest BCUT2D eigenvalue weighted by Gasteiger charge is -2.32. The van der Waals surface area contributed by atoms with Crippen LogP contribution in [0, 0.1) is 5.92 Å². The molecule has 1 aliphatic rings. The Morgan fingerprint density at radius 1 is 1.00 bits per heavy atom. The van der Waals surface area contributed by atoms with Crippen molar-refractivity contribution in [2.75, 3.05) is 13.1 Å². The van der Waals surface area contributed by atoms with Crippen LogP contribution in [0.25, 0.3) is 11.1 Å². The summed E-state index contributed by atoms with van der Waals surface area (Å²) >= 11 is 0. The highest BCUT2D eigenvalue weighted by atomic mass is 16.4. The van der Waals surface area contributed by atoms with Gasteiger partial charge < -0.3 is 9.32 Å². The van der Waals surface area contributed by atoms with Crippen molar-refractivity contribution in [2.24, 2.45) is 5.92 Å². The van der Waals surface area contributed by atoms with Gasteiger partial charge in [0, 0.05) is 26.1 Å². The summed E-state index contributed by atoms with van der Waals surface area (Å²) in [7, 11) is 0. The summed E-state index contributed by atoms with van der Waals surface area (Å²) in [5.41, 5.74) is 2.68. The van der Waals surface area contributed by atoms with Crippen LogP contribution in [-0.2, 0) is 17.8 Å². The molecule has 0 atom stereocenters. The number of fused-ring (bicyclic) bond motifs is 1. The minimum Gasteiger partial charge on any atom is -0.408 e. The highest BCUT2D eigenvalue weighted by Gasteiger charge is 2.23. The number of carbonyl (C=O) groups excluding carboxylic acids is 1. The minimum absolute atomic E-state index is 0.116. The zero-order valence-corrected chi connectivity index (χ0v) is 15.3. The molecular weight excluding hydrogens is 340 g/mol. The molecule has 1 amide bonds. The third kappa shape index (κ3) is 3.97. The first-order valence-corrected chi connectivity index (χ1v) is 9.61. The van der Waals surface area contributed by atoms with Gasteiger partial charge >= 0.3 is 5.76 Å². The average Bonchev–Trinajstić information content (AvgIpc) is 3.02. The fraction of sp³-hybridized carbons (Fsp3) is 0.364. The molecule has 0 radical (unpaired) electrons. The summed E-state index contributed by atoms with van der Waals surface area (Å²) in [5.74, 6) is 0.354. The smallest absolute Gasteiger partial charge is 0.408 e. The first kappa shape index (κ1) is 17.6. The molecule has 5 nitrogen and oxygen atoms in total. The van der Waals surface area contributed by atoms with E-state index in [0.29, 0.717) is 24.5 Å². The van der Waals surface area contributed by atoms with E-state index >= 15 is 0 Å². The summed E-state index contributed by atoms with van der Waals surface area (Å²) in [6.07, 6.45) is 3.48. The fourth-order valence-corrected chi connectivity index (χ4v) is 3.93. The maximum absolute atomic E-state index is 12.6. The monoisotopic (exact) mass is 364 g/mol. The van der Waals surface area contributed by atoms with Gasteiger partial charge in [-0.25, -0.2) is 4.79 Å². The van der Waals surface area contributed by atoms with Crippen LogP contribution in [0.5, 0.6) is 0 Å². The van der Waals surface area contributed by atoms with Gasteiger partial charge in [0.25, 0.3) is 0 Å². The first-order chi connectivity index (χ1) is 13.2. The number of carbonyl (C=O) groups is 1. The van der Waals surface area contributed by atoms with Gasteiger partial charge in [-0.05, 0) is 42.9 Å². The molecule has 1 aliphatic heterocycles. The number of benzene rings is 2. The number of hydrogen-bond acceptors (Lipinski definition) is 3. The van der Waals surface area contributed by atoms with Gasteiger partial charge in [0.2, 0.25) is 5.91 Å². The van der Waals surface area contributed by atoms with Crippen LogP contribution in [0.15, 0.2) is 63.8 Å². The van der Waals surface area contributed by atoms with Gasteiger partial charge in [-0.3, -0.25) is 9.36 Å². The number of oxazole rings is 1. The zero-order valence-electron chi connectivity index (χ0n) is 15.3. The second-order valence-corrected chi connectivity index (χ2v) is 7.25. The molecule has 0 bridgehead atoms. The van der Waals surface area contributed by atoms with Crippen molar-refractivity contribution in [3.8, 4) is 0 Å². The number of piperidine rings is 1. The number of likely N-dealkylation sites (tertiary alicyclic amines) is 1. The Kier molecular flexibility index (Phi) is 5.10. The van der Waals surface area contributed by atoms with E-state index in [2.05, 4.69) is 24.3 Å². The molecule has 2 aromatic carbocycles. The van der Waals surface area contributed by atoms with E-state index in [4.69, 9.17) is 4.42 Å². The molecule has 0 saturated carbocycles. The highest BCUT2D eigenvalue weighted by Crippen LogP contribution is 2.22. The minimum atomic E-state index is -0.398. The fourth-order valence-electron chi connectivity index (χ4n) is 3.93. The van der Waals surface area contributed by atoms with E-state index in [9.17, 15) is 9.59 Å². The van der Waals surface area contributed by atoms with Gasteiger partial charge in [-0.15, -0.1) is 0 Å². The molecule has 140 valence electrons. The molecule has 4 rings (SSSR count). The number of para-hydroxylation sites is 2. The molecule has 3 aromatic rings. The number of hydrogen-bond donors (Lipinski definition) is 0. The molecule has 0 spiro atoms. The number of aromatic nitrogens is 1. The lowest BCUT2D eigenvalue weighted by molar-refractivity contribution is -0.132. The van der Waals surface area contributed by atoms with E-state index in [0.717, 1.165) is 37.9 Å². The highest BCUT2D eigenvalue weighted by molar-refractivity contribution is 5.77. The SMILES string of the molecule is O=C(CCn1c(=O)oc2ccccc21)N1CCC(Cc2ccccc2)CC1. The Bertz CT molecular complexity index is 966. The van der Waals surface area contributed by atoms with Crippen LogP contribution < -0.4 is 5.76 Å². The summed E-state index contributed by atoms with van der Waals surface area (Å²) in [6, 6.07) is 17.9. The normalized spacial score (nSPS) is 15.3. The molecule has 2 heterocycles. The number of rotatable bonds is 5. The molecule has 0 N–H and O–H groups in total. The van der Waals surface area contributed by atoms with E-state index in [1.807, 2.05) is 29.2 Å². The van der Waals surface area contributed by atoms with Crippen LogP contribution in [0.4, 0.5) is 0 Å². The third-order valence-corrected chi connectivity index (χ3v) is 5.46. The predicted octanol–water partition coefficient (Wildman–Crippen LogP) is 3.47. The van der Waals surface area contributed by atoms with Crippen LogP contribution in [0.2, 0.25) is 0 Å². The van der Waals surface area contributed by atoms with Crippen molar-refractivity contribution in [3.05, 3.63) is 70.7 Å². The van der Waals surface area contributed by atoms with Gasteiger partial charge in [0.15, 0.2) is 5.58 Å². The Morgan fingerprint density at radius 3 is 2.48 bits per heavy atom. The van der Waals surface area contributed by atoms with E-state index in [1.54, 1.807) is 10.6 Å². The van der Waals surface area contributed by atoms with E-state index in [-0.39, 0.29) is 5.91 Å². The predicted molar refractivity (Wildman–Crippen MR) is 105 cm³/mol. The molecular formula is C22H24N2O3. The van der Waals surface area contributed by atoms with Crippen molar-refractivity contribution in [1.29, 1.82) is 0 Å². The second kappa shape index (κ2) is 7.82. The van der Waals surface area contributed by atoms with Crippen molar-refractivity contribution in [2.45, 2.75) is 32.2 Å². The standard InChI is InChI=1S/C22H24N2O3/c25-21(12-15-24-19-8-4-5-9-20(19)27-22(24)26)23-13-10-18(11-14-23)16-17-6-2-1-3-7-17/h1-9,18H,10-16H2. The summed E-state index contributed by atoms with van der Waals surface area (Å²) < 4.78 is 6.78. The van der Waals surface area contributed by atoms with Gasteiger partial charge in [0.05, 0.1) is 5.52 Å². The Hall–Kier alpha value is -2.82. The quantitative estimate of drug-likeness (QED) is 0.697. The maximum Gasteiger partial charge on any atom is 0.419 e. The number of aryl methyl sites for hydroxylation is 1. The van der Waals surface area contributed by atoms with E-state index in [1.165, 1.54) is 5.56 Å². The van der Waals surface area contributed by atoms with Crippen LogP contribution in [0.1, 0.15) is 24.8 Å². The first-order valence-electron chi connectivity index (χ1n) is 9.61. The van der Waals surface area contributed by atoms with Crippen molar-refractivity contribution in [1.82, 2.24) is 9.47 Å². The largest absolute Gasteiger partial charge is 0.419 e. The Balaban J connectivity index is 1.31. The maximum atomic E-state index is 12.6. The Labute approximate surface area is 158 Å². The summed E-state index contributed by atoms with van der Waals surface area (Å²) in [5, 5.41) is 0. The number of amides is 1. The lowest BCUT2D eigenvalue weighted by Crippen LogP contribution is -2.39. The third-order valence-electron chi connectivity index (χ3n) is 5.46. The van der Waals surface area contributed by atoms with Crippen LogP contribution >= 0.6 is 0 Å². The van der Waals surface area contributed by atoms with Gasteiger partial charge in [-0.1, -0.05) is 42.5 Å². The second-order valence-electron chi connectivity index (χ2n) is 7.25. The lowest BCUT2D eigenvalue weighted by atomic mass is 9.90. The topological polar surface area (TPSA) is 55.5 Å². The van der Waals surface area contributed by atoms with Crippen LogP contribution in [0.3, 0.4) is 0 Å². The zero-order chi connectivity index (χ0) is 18.6. The van der Waals surface area contributed by atoms with Gasteiger partial charge in [0.1, 0.15) is 0 Å². The summed E-state index contributed by atoms with van der Waals surface area (Å²) in [6.45, 7) is 1.97. The van der Waals surface area contributed by atoms with Crippen LogP contribution in [-0.4, -0.2) is 28.5 Å². The van der Waals surface area contributed by atoms with Crippen molar-refractivity contribution < 1.29 is 9.21 Å². The number of nitrogens with zero attached hydrogens (tertiary/aromatic N) is 2. The molecule has 5 heteroatoms. The molecule has 0 aliphatic carbocycles. The van der Waals surface area contributed by atoms with Gasteiger partial charge in [-0.2, -0.15) is 0 Å². The molecule has 0 unspecified atom stereocenters. The molecule has 1 fully saturated rings. The van der Waals surface area contributed by atoms with Crippen molar-refractivity contribution >= 4 is 17.0 Å². The average molecular weight is 364 g/mol. The molecule has 27 heavy (non-hydrogen) atoms. The van der Waals surface area contributed by atoms with E-state index < -0.39 is 5.76 Å². The molecule has 1 saturated heterocycles. The molecule has 1 aromatic heterocycles.